The molecule has 0 saturated heterocycles. The predicted molar refractivity (Wildman–Crippen MR) is 85.3 cm³/mol. The van der Waals surface area contributed by atoms with Crippen LogP contribution in [0.3, 0.4) is 0 Å². The zero-order valence-corrected chi connectivity index (χ0v) is 13.4. The molecule has 2 amide bonds. The van der Waals surface area contributed by atoms with E-state index in [1.807, 2.05) is 20.8 Å². The molecule has 2 aromatic rings. The molecule has 3 N–H and O–H groups in total. The van der Waals surface area contributed by atoms with Crippen molar-refractivity contribution in [1.82, 2.24) is 21.0 Å². The maximum Gasteiger partial charge on any atom is 0.290 e. The molecule has 2 rings (SSSR count). The van der Waals surface area contributed by atoms with Crippen LogP contribution in [0.5, 0.6) is 0 Å². The SMILES string of the molecule is CC(C)(C)c1cc(C(=O)NNC(=O)c2ccc([N+](=O)[O-])cc2)n[nH]1. The third-order valence-corrected chi connectivity index (χ3v) is 3.25. The van der Waals surface area contributed by atoms with E-state index in [0.717, 1.165) is 5.69 Å². The van der Waals surface area contributed by atoms with Gasteiger partial charge in [-0.25, -0.2) is 0 Å². The number of benzene rings is 1. The maximum atomic E-state index is 12.0. The Labute approximate surface area is 137 Å². The molecule has 0 aliphatic carbocycles. The van der Waals surface area contributed by atoms with Crippen molar-refractivity contribution in [2.75, 3.05) is 0 Å². The Kier molecular flexibility index (Phi) is 4.63. The zero-order chi connectivity index (χ0) is 17.9. The molecule has 0 unspecified atom stereocenters. The number of carbonyl (C=O) groups is 2. The first-order valence-electron chi connectivity index (χ1n) is 7.09. The second-order valence-electron chi connectivity index (χ2n) is 6.13. The van der Waals surface area contributed by atoms with E-state index in [-0.39, 0.29) is 22.4 Å². The summed E-state index contributed by atoms with van der Waals surface area (Å²) in [5, 5.41) is 17.2. The van der Waals surface area contributed by atoms with Crippen molar-refractivity contribution in [3.63, 3.8) is 0 Å². The number of carbonyl (C=O) groups excluding carboxylic acids is 2. The van der Waals surface area contributed by atoms with Crippen molar-refractivity contribution in [3.05, 3.63) is 57.4 Å². The molecule has 9 nitrogen and oxygen atoms in total. The summed E-state index contributed by atoms with van der Waals surface area (Å²) in [6, 6.07) is 6.62. The molecule has 9 heteroatoms. The van der Waals surface area contributed by atoms with Crippen LogP contribution in [-0.4, -0.2) is 26.9 Å². The molecule has 0 atom stereocenters. The second kappa shape index (κ2) is 6.49. The van der Waals surface area contributed by atoms with Crippen molar-refractivity contribution in [1.29, 1.82) is 0 Å². The molecule has 1 heterocycles. The number of non-ortho nitro benzene ring substituents is 1. The number of aromatic nitrogens is 2. The quantitative estimate of drug-likeness (QED) is 0.582. The third-order valence-electron chi connectivity index (χ3n) is 3.25. The molecule has 1 aromatic carbocycles. The molecule has 0 aliphatic heterocycles. The Morgan fingerprint density at radius 1 is 1.12 bits per heavy atom. The van der Waals surface area contributed by atoms with Crippen LogP contribution in [0.1, 0.15) is 47.3 Å². The van der Waals surface area contributed by atoms with Gasteiger partial charge in [0.05, 0.1) is 4.92 Å². The minimum Gasteiger partial charge on any atom is -0.281 e. The first kappa shape index (κ1) is 17.1. The van der Waals surface area contributed by atoms with Gasteiger partial charge in [-0.1, -0.05) is 20.8 Å². The van der Waals surface area contributed by atoms with Crippen molar-refractivity contribution < 1.29 is 14.5 Å². The number of hydrogen-bond donors (Lipinski definition) is 3. The van der Waals surface area contributed by atoms with Gasteiger partial charge in [0.1, 0.15) is 0 Å². The molecule has 0 radical (unpaired) electrons. The minimum atomic E-state index is -0.593. The van der Waals surface area contributed by atoms with Gasteiger partial charge in [-0.15, -0.1) is 0 Å². The third kappa shape index (κ3) is 3.94. The Morgan fingerprint density at radius 3 is 2.21 bits per heavy atom. The first-order valence-corrected chi connectivity index (χ1v) is 7.09. The van der Waals surface area contributed by atoms with Crippen molar-refractivity contribution in [2.24, 2.45) is 0 Å². The van der Waals surface area contributed by atoms with Gasteiger partial charge in [0, 0.05) is 28.8 Å². The molecular formula is C15H17N5O4. The molecule has 1 aromatic heterocycles. The highest BCUT2D eigenvalue weighted by atomic mass is 16.6. The lowest BCUT2D eigenvalue weighted by Gasteiger charge is -2.14. The van der Waals surface area contributed by atoms with E-state index >= 15 is 0 Å². The van der Waals surface area contributed by atoms with Crippen LogP contribution >= 0.6 is 0 Å². The molecule has 0 fully saturated rings. The number of rotatable bonds is 3. The number of nitro groups is 1. The number of nitrogens with one attached hydrogen (secondary N) is 3. The van der Waals surface area contributed by atoms with E-state index in [2.05, 4.69) is 21.0 Å². The topological polar surface area (TPSA) is 130 Å². The largest absolute Gasteiger partial charge is 0.290 e. The van der Waals surface area contributed by atoms with Gasteiger partial charge in [0.15, 0.2) is 5.69 Å². The zero-order valence-electron chi connectivity index (χ0n) is 13.4. The fraction of sp³-hybridized carbons (Fsp3) is 0.267. The number of aromatic amines is 1. The average Bonchev–Trinajstić information content (AvgIpc) is 3.02. The predicted octanol–water partition coefficient (Wildman–Crippen LogP) is 1.69. The van der Waals surface area contributed by atoms with E-state index in [4.69, 9.17) is 0 Å². The summed E-state index contributed by atoms with van der Waals surface area (Å²) in [7, 11) is 0. The van der Waals surface area contributed by atoms with Gasteiger partial charge in [-0.05, 0) is 18.2 Å². The summed E-state index contributed by atoms with van der Waals surface area (Å²) in [6.07, 6.45) is 0. The lowest BCUT2D eigenvalue weighted by atomic mass is 9.92. The van der Waals surface area contributed by atoms with Crippen LogP contribution in [0, 0.1) is 10.1 Å². The fourth-order valence-corrected chi connectivity index (χ4v) is 1.81. The number of nitrogens with zero attached hydrogens (tertiary/aromatic N) is 2. The summed E-state index contributed by atoms with van der Waals surface area (Å²) in [5.74, 6) is -1.16. The number of H-pyrrole nitrogens is 1. The Morgan fingerprint density at radius 2 is 1.71 bits per heavy atom. The summed E-state index contributed by atoms with van der Waals surface area (Å²) in [5.41, 5.74) is 5.27. The molecule has 0 saturated carbocycles. The van der Waals surface area contributed by atoms with Gasteiger partial charge in [-0.3, -0.25) is 35.7 Å². The number of nitro benzene ring substituents is 1. The van der Waals surface area contributed by atoms with Crippen LogP contribution in [-0.2, 0) is 5.41 Å². The Hall–Kier alpha value is -3.23. The monoisotopic (exact) mass is 331 g/mol. The van der Waals surface area contributed by atoms with E-state index < -0.39 is 16.7 Å². The second-order valence-corrected chi connectivity index (χ2v) is 6.13. The lowest BCUT2D eigenvalue weighted by molar-refractivity contribution is -0.384. The van der Waals surface area contributed by atoms with Crippen molar-refractivity contribution in [2.45, 2.75) is 26.2 Å². The molecule has 24 heavy (non-hydrogen) atoms. The number of hydrazine groups is 1. The van der Waals surface area contributed by atoms with E-state index in [9.17, 15) is 19.7 Å². The number of amides is 2. The van der Waals surface area contributed by atoms with E-state index in [0.29, 0.717) is 0 Å². The summed E-state index contributed by atoms with van der Waals surface area (Å²) < 4.78 is 0. The number of hydrogen-bond acceptors (Lipinski definition) is 5. The van der Waals surface area contributed by atoms with Gasteiger partial charge in [0.2, 0.25) is 0 Å². The van der Waals surface area contributed by atoms with Crippen LogP contribution in [0.15, 0.2) is 30.3 Å². The molecule has 126 valence electrons. The highest BCUT2D eigenvalue weighted by Crippen LogP contribution is 2.20. The smallest absolute Gasteiger partial charge is 0.281 e. The fourth-order valence-electron chi connectivity index (χ4n) is 1.81. The molecule has 0 bridgehead atoms. The van der Waals surface area contributed by atoms with E-state index in [1.54, 1.807) is 6.07 Å². The molecular weight excluding hydrogens is 314 g/mol. The molecule has 0 spiro atoms. The minimum absolute atomic E-state index is 0.123. The molecule has 0 aliphatic rings. The summed E-state index contributed by atoms with van der Waals surface area (Å²) in [6.45, 7) is 5.91. The first-order chi connectivity index (χ1) is 11.2. The summed E-state index contributed by atoms with van der Waals surface area (Å²) in [4.78, 5) is 33.9. The van der Waals surface area contributed by atoms with Gasteiger partial charge in [0.25, 0.3) is 17.5 Å². The van der Waals surface area contributed by atoms with Crippen molar-refractivity contribution >= 4 is 17.5 Å². The van der Waals surface area contributed by atoms with E-state index in [1.165, 1.54) is 24.3 Å². The van der Waals surface area contributed by atoms with Gasteiger partial charge < -0.3 is 0 Å². The van der Waals surface area contributed by atoms with Crippen LogP contribution in [0.2, 0.25) is 0 Å². The van der Waals surface area contributed by atoms with Crippen LogP contribution in [0.4, 0.5) is 5.69 Å². The highest BCUT2D eigenvalue weighted by molar-refractivity contribution is 5.98. The average molecular weight is 331 g/mol. The highest BCUT2D eigenvalue weighted by Gasteiger charge is 2.19. The van der Waals surface area contributed by atoms with Gasteiger partial charge in [-0.2, -0.15) is 5.10 Å². The Bertz CT molecular complexity index is 774. The van der Waals surface area contributed by atoms with Crippen LogP contribution < -0.4 is 10.9 Å². The standard InChI is InChI=1S/C15H17N5O4/c1-15(2,3)12-8-11(16-17-12)14(22)19-18-13(21)9-4-6-10(7-5-9)20(23)24/h4-8H,1-3H3,(H,16,17)(H,18,21)(H,19,22). The Balaban J connectivity index is 1.97. The summed E-state index contributed by atoms with van der Waals surface area (Å²) >= 11 is 0. The normalized spacial score (nSPS) is 11.0. The lowest BCUT2D eigenvalue weighted by Crippen LogP contribution is -2.41. The van der Waals surface area contributed by atoms with Crippen molar-refractivity contribution in [3.8, 4) is 0 Å². The van der Waals surface area contributed by atoms with Crippen LogP contribution in [0.25, 0.3) is 0 Å². The van der Waals surface area contributed by atoms with Gasteiger partial charge >= 0.3 is 0 Å². The maximum absolute atomic E-state index is 12.0.